The number of rotatable bonds is 0. The molecule has 0 radical (unpaired) electrons. The second kappa shape index (κ2) is 2.58. The fourth-order valence-electron chi connectivity index (χ4n) is 1.22. The molecule has 0 amide bonds. The molecule has 13 heavy (non-hydrogen) atoms. The Morgan fingerprint density at radius 3 is 3.00 bits per heavy atom. The Morgan fingerprint density at radius 1 is 1.46 bits per heavy atom. The minimum atomic E-state index is -0.236. The molecule has 66 valence electrons. The lowest BCUT2D eigenvalue weighted by atomic mass is 10.2. The Bertz CT molecular complexity index is 516. The number of pyridine rings is 2. The molecule has 0 bridgehead atoms. The lowest BCUT2D eigenvalue weighted by molar-refractivity contribution is 0.477. The van der Waals surface area contributed by atoms with Crippen LogP contribution in [-0.4, -0.2) is 15.1 Å². The quantitative estimate of drug-likeness (QED) is 0.627. The number of aromatic nitrogens is 2. The number of nitrogens with zero attached hydrogens (tertiary/aromatic N) is 1. The first kappa shape index (κ1) is 7.79. The third-order valence-electron chi connectivity index (χ3n) is 1.86. The molecular formula is C9H8N2O2. The molecular weight excluding hydrogens is 168 g/mol. The highest BCUT2D eigenvalue weighted by molar-refractivity contribution is 5.82. The normalized spacial score (nSPS) is 10.5. The summed E-state index contributed by atoms with van der Waals surface area (Å²) < 4.78 is 0. The zero-order valence-electron chi connectivity index (χ0n) is 7.03. The van der Waals surface area contributed by atoms with Gasteiger partial charge in [-0.3, -0.25) is 4.79 Å². The number of aromatic hydroxyl groups is 1. The molecule has 2 aromatic heterocycles. The fourth-order valence-corrected chi connectivity index (χ4v) is 1.22. The van der Waals surface area contributed by atoms with E-state index in [-0.39, 0.29) is 11.3 Å². The first-order chi connectivity index (χ1) is 6.18. The minimum Gasteiger partial charge on any atom is -0.504 e. The van der Waals surface area contributed by atoms with Gasteiger partial charge in [0.05, 0.1) is 5.39 Å². The van der Waals surface area contributed by atoms with Gasteiger partial charge in [0.25, 0.3) is 5.56 Å². The fraction of sp³-hybridized carbons (Fsp3) is 0.111. The lowest BCUT2D eigenvalue weighted by Gasteiger charge is -1.99. The zero-order chi connectivity index (χ0) is 9.42. The molecule has 0 spiro atoms. The number of fused-ring (bicyclic) bond motifs is 1. The second-order valence-electron chi connectivity index (χ2n) is 2.85. The van der Waals surface area contributed by atoms with Crippen molar-refractivity contribution in [2.45, 2.75) is 6.92 Å². The molecule has 2 heterocycles. The van der Waals surface area contributed by atoms with Gasteiger partial charge >= 0.3 is 0 Å². The van der Waals surface area contributed by atoms with Crippen molar-refractivity contribution in [3.05, 3.63) is 34.4 Å². The predicted octanol–water partition coefficient (Wildman–Crippen LogP) is 0.937. The van der Waals surface area contributed by atoms with E-state index in [0.717, 1.165) is 5.69 Å². The third-order valence-corrected chi connectivity index (χ3v) is 1.86. The Balaban J connectivity index is 3.01. The van der Waals surface area contributed by atoms with Gasteiger partial charge in [0, 0.05) is 11.9 Å². The smallest absolute Gasteiger partial charge is 0.257 e. The summed E-state index contributed by atoms with van der Waals surface area (Å²) in [5, 5.41) is 9.80. The Hall–Kier alpha value is -1.84. The predicted molar refractivity (Wildman–Crippen MR) is 48.8 cm³/mol. The van der Waals surface area contributed by atoms with Crippen LogP contribution in [0, 0.1) is 6.92 Å². The maximum Gasteiger partial charge on any atom is 0.257 e. The van der Waals surface area contributed by atoms with Gasteiger partial charge < -0.3 is 10.1 Å². The summed E-state index contributed by atoms with van der Waals surface area (Å²) in [5.74, 6) is -0.00157. The number of hydrogen-bond acceptors (Lipinski definition) is 3. The van der Waals surface area contributed by atoms with E-state index in [2.05, 4.69) is 9.97 Å². The van der Waals surface area contributed by atoms with Crippen LogP contribution < -0.4 is 5.56 Å². The van der Waals surface area contributed by atoms with Crippen molar-refractivity contribution in [2.24, 2.45) is 0 Å². The topological polar surface area (TPSA) is 66.0 Å². The maximum absolute atomic E-state index is 11.2. The highest BCUT2D eigenvalue weighted by Crippen LogP contribution is 2.17. The molecule has 0 aliphatic rings. The average molecular weight is 176 g/mol. The molecule has 0 aliphatic carbocycles. The largest absolute Gasteiger partial charge is 0.504 e. The number of aromatic amines is 1. The van der Waals surface area contributed by atoms with Gasteiger partial charge in [-0.15, -0.1) is 0 Å². The summed E-state index contributed by atoms with van der Waals surface area (Å²) in [4.78, 5) is 17.7. The molecule has 0 saturated carbocycles. The van der Waals surface area contributed by atoms with E-state index in [1.807, 2.05) is 0 Å². The second-order valence-corrected chi connectivity index (χ2v) is 2.85. The van der Waals surface area contributed by atoms with E-state index in [1.54, 1.807) is 19.1 Å². The number of hydrogen-bond donors (Lipinski definition) is 2. The summed E-state index contributed by atoms with van der Waals surface area (Å²) in [6, 6.07) is 3.38. The van der Waals surface area contributed by atoms with Crippen LogP contribution >= 0.6 is 0 Å². The van der Waals surface area contributed by atoms with Gasteiger partial charge in [-0.1, -0.05) is 0 Å². The molecule has 2 rings (SSSR count). The van der Waals surface area contributed by atoms with Crippen molar-refractivity contribution in [1.29, 1.82) is 0 Å². The molecule has 0 saturated heterocycles. The first-order valence-corrected chi connectivity index (χ1v) is 3.86. The van der Waals surface area contributed by atoms with Crippen LogP contribution in [0.2, 0.25) is 0 Å². The lowest BCUT2D eigenvalue weighted by Crippen LogP contribution is -2.05. The van der Waals surface area contributed by atoms with Crippen LogP contribution in [-0.2, 0) is 0 Å². The average Bonchev–Trinajstić information content (AvgIpc) is 2.12. The van der Waals surface area contributed by atoms with E-state index < -0.39 is 0 Å². The molecule has 0 atom stereocenters. The van der Waals surface area contributed by atoms with Crippen LogP contribution in [0.25, 0.3) is 10.9 Å². The highest BCUT2D eigenvalue weighted by Gasteiger charge is 2.03. The van der Waals surface area contributed by atoms with Gasteiger partial charge in [0.2, 0.25) is 0 Å². The van der Waals surface area contributed by atoms with Crippen molar-refractivity contribution in [3.63, 3.8) is 0 Å². The van der Waals surface area contributed by atoms with Crippen molar-refractivity contribution in [2.75, 3.05) is 0 Å². The van der Waals surface area contributed by atoms with E-state index in [0.29, 0.717) is 10.9 Å². The summed E-state index contributed by atoms with van der Waals surface area (Å²) in [6.07, 6.45) is 1.25. The number of aryl methyl sites for hydroxylation is 1. The van der Waals surface area contributed by atoms with Gasteiger partial charge in [-0.25, -0.2) is 4.98 Å². The molecule has 0 aromatic carbocycles. The summed E-state index contributed by atoms with van der Waals surface area (Å²) in [6.45, 7) is 1.81. The summed E-state index contributed by atoms with van der Waals surface area (Å²) >= 11 is 0. The van der Waals surface area contributed by atoms with Gasteiger partial charge in [-0.05, 0) is 19.1 Å². The third kappa shape index (κ3) is 1.16. The van der Waals surface area contributed by atoms with Crippen molar-refractivity contribution < 1.29 is 5.11 Å². The Kier molecular flexibility index (Phi) is 1.55. The van der Waals surface area contributed by atoms with Crippen LogP contribution in [0.1, 0.15) is 5.69 Å². The monoisotopic (exact) mass is 176 g/mol. The van der Waals surface area contributed by atoms with Gasteiger partial charge in [-0.2, -0.15) is 0 Å². The zero-order valence-corrected chi connectivity index (χ0v) is 7.03. The Labute approximate surface area is 73.9 Å². The van der Waals surface area contributed by atoms with Crippen LogP contribution in [0.4, 0.5) is 0 Å². The molecule has 0 unspecified atom stereocenters. The van der Waals surface area contributed by atoms with Crippen LogP contribution in [0.3, 0.4) is 0 Å². The number of nitrogens with one attached hydrogen (secondary N) is 1. The highest BCUT2D eigenvalue weighted by atomic mass is 16.3. The van der Waals surface area contributed by atoms with Crippen molar-refractivity contribution in [1.82, 2.24) is 9.97 Å². The molecule has 4 heteroatoms. The van der Waals surface area contributed by atoms with Crippen LogP contribution in [0.5, 0.6) is 5.75 Å². The first-order valence-electron chi connectivity index (χ1n) is 3.86. The van der Waals surface area contributed by atoms with E-state index in [1.165, 1.54) is 6.20 Å². The van der Waals surface area contributed by atoms with E-state index in [9.17, 15) is 9.90 Å². The number of H-pyrrole nitrogens is 1. The summed E-state index contributed by atoms with van der Waals surface area (Å²) in [5.41, 5.74) is 0.887. The molecule has 4 nitrogen and oxygen atoms in total. The maximum atomic E-state index is 11.2. The minimum absolute atomic E-state index is 0.00157. The molecule has 2 N–H and O–H groups in total. The van der Waals surface area contributed by atoms with Gasteiger partial charge in [0.1, 0.15) is 5.52 Å². The van der Waals surface area contributed by atoms with E-state index in [4.69, 9.17) is 0 Å². The Morgan fingerprint density at radius 2 is 2.23 bits per heavy atom. The SMILES string of the molecule is Cc1ccc2c(=O)[nH]cc(O)c2n1. The van der Waals surface area contributed by atoms with Gasteiger partial charge in [0.15, 0.2) is 5.75 Å². The van der Waals surface area contributed by atoms with Crippen LogP contribution in [0.15, 0.2) is 23.1 Å². The molecule has 0 aliphatic heterocycles. The van der Waals surface area contributed by atoms with Crippen molar-refractivity contribution in [3.8, 4) is 5.75 Å². The molecule has 2 aromatic rings. The standard InChI is InChI=1S/C9H8N2O2/c1-5-2-3-6-8(11-5)7(12)4-10-9(6)13/h2-4,12H,1H3,(H,10,13). The molecule has 0 fully saturated rings. The van der Waals surface area contributed by atoms with E-state index >= 15 is 0 Å². The summed E-state index contributed by atoms with van der Waals surface area (Å²) in [7, 11) is 0. The van der Waals surface area contributed by atoms with Crippen molar-refractivity contribution >= 4 is 10.9 Å².